The smallest absolute Gasteiger partial charge is 0.324 e. The molecule has 0 saturated heterocycles. The Labute approximate surface area is 164 Å². The van der Waals surface area contributed by atoms with Gasteiger partial charge in [-0.1, -0.05) is 24.3 Å². The van der Waals surface area contributed by atoms with E-state index in [-0.39, 0.29) is 23.3 Å². The first-order valence-corrected chi connectivity index (χ1v) is 10.6. The van der Waals surface area contributed by atoms with Crippen molar-refractivity contribution >= 4 is 43.5 Å². The van der Waals surface area contributed by atoms with Crippen LogP contribution in [0, 0.1) is 0 Å². The minimum absolute atomic E-state index is 0.0753. The molecule has 0 saturated carbocycles. The molecule has 3 aromatic rings. The zero-order valence-electron chi connectivity index (χ0n) is 14.3. The summed E-state index contributed by atoms with van der Waals surface area (Å²) in [5.74, 6) is -0.579. The van der Waals surface area contributed by atoms with E-state index in [0.717, 1.165) is 12.1 Å². The standard InChI is InChI=1S/C15H13N5O7S2/c21-15-19-13(16-9-5-1-3-7-11(9)28(22,23)24)18-14(20-15)17-10-6-2-4-8-12(10)29(25,26)27/h1-8H,(H,22,23,24)(H,25,26,27)(H3,16,17,18,19,20,21). The van der Waals surface area contributed by atoms with Crippen LogP contribution in [0.4, 0.5) is 23.3 Å². The van der Waals surface area contributed by atoms with Crippen molar-refractivity contribution in [3.63, 3.8) is 0 Å². The second-order valence-electron chi connectivity index (χ2n) is 5.52. The van der Waals surface area contributed by atoms with Crippen LogP contribution < -0.4 is 16.3 Å². The lowest BCUT2D eigenvalue weighted by molar-refractivity contribution is 0.481. The monoisotopic (exact) mass is 439 g/mol. The maximum absolute atomic E-state index is 11.8. The van der Waals surface area contributed by atoms with Gasteiger partial charge >= 0.3 is 5.69 Å². The van der Waals surface area contributed by atoms with Crippen LogP contribution in [0.3, 0.4) is 0 Å². The van der Waals surface area contributed by atoms with Gasteiger partial charge in [0.1, 0.15) is 9.79 Å². The fourth-order valence-corrected chi connectivity index (χ4v) is 3.63. The van der Waals surface area contributed by atoms with Gasteiger partial charge in [0.05, 0.1) is 11.4 Å². The van der Waals surface area contributed by atoms with Crippen molar-refractivity contribution in [3.05, 3.63) is 59.0 Å². The number of aromatic amines is 1. The van der Waals surface area contributed by atoms with Crippen LogP contribution in [0.2, 0.25) is 0 Å². The van der Waals surface area contributed by atoms with Gasteiger partial charge in [0.25, 0.3) is 20.2 Å². The van der Waals surface area contributed by atoms with Gasteiger partial charge < -0.3 is 10.6 Å². The van der Waals surface area contributed by atoms with Gasteiger partial charge in [-0.2, -0.15) is 26.8 Å². The topological polar surface area (TPSA) is 191 Å². The van der Waals surface area contributed by atoms with Crippen molar-refractivity contribution in [2.45, 2.75) is 9.79 Å². The van der Waals surface area contributed by atoms with Gasteiger partial charge in [-0.25, -0.2) is 4.79 Å². The highest BCUT2D eigenvalue weighted by Gasteiger charge is 2.18. The zero-order chi connectivity index (χ0) is 21.2. The zero-order valence-corrected chi connectivity index (χ0v) is 15.9. The molecular formula is C15H13N5O7S2. The van der Waals surface area contributed by atoms with Crippen molar-refractivity contribution in [1.82, 2.24) is 15.0 Å². The van der Waals surface area contributed by atoms with Gasteiger partial charge in [0, 0.05) is 0 Å². The normalized spacial score (nSPS) is 11.8. The number of nitrogens with one attached hydrogen (secondary N) is 3. The van der Waals surface area contributed by atoms with E-state index in [1.54, 1.807) is 0 Å². The van der Waals surface area contributed by atoms with Crippen molar-refractivity contribution in [1.29, 1.82) is 0 Å². The predicted molar refractivity (Wildman–Crippen MR) is 102 cm³/mol. The molecule has 0 aliphatic rings. The molecule has 0 spiro atoms. The second-order valence-corrected chi connectivity index (χ2v) is 8.30. The van der Waals surface area contributed by atoms with Gasteiger partial charge in [-0.05, 0) is 24.3 Å². The molecule has 0 aliphatic carbocycles. The number of para-hydroxylation sites is 2. The minimum Gasteiger partial charge on any atom is -0.324 e. The predicted octanol–water partition coefficient (Wildman–Crippen LogP) is 1.15. The minimum atomic E-state index is -4.56. The number of nitrogens with zero attached hydrogens (tertiary/aromatic N) is 2. The lowest BCUT2D eigenvalue weighted by Gasteiger charge is -2.11. The number of hydrogen-bond donors (Lipinski definition) is 5. The van der Waals surface area contributed by atoms with E-state index in [0.29, 0.717) is 0 Å². The van der Waals surface area contributed by atoms with Crippen molar-refractivity contribution in [3.8, 4) is 0 Å². The van der Waals surface area contributed by atoms with Crippen LogP contribution in [-0.4, -0.2) is 40.9 Å². The second kappa shape index (κ2) is 7.59. The van der Waals surface area contributed by atoms with Crippen molar-refractivity contribution in [2.75, 3.05) is 10.6 Å². The van der Waals surface area contributed by atoms with Gasteiger partial charge in [-0.15, -0.1) is 0 Å². The van der Waals surface area contributed by atoms with Crippen LogP contribution in [-0.2, 0) is 20.2 Å². The molecule has 5 N–H and O–H groups in total. The van der Waals surface area contributed by atoms with Gasteiger partial charge in [0.2, 0.25) is 11.9 Å². The van der Waals surface area contributed by atoms with Crippen LogP contribution in [0.15, 0.2) is 63.1 Å². The Bertz CT molecular complexity index is 1240. The highest BCUT2D eigenvalue weighted by molar-refractivity contribution is 7.86. The molecule has 152 valence electrons. The molecule has 12 nitrogen and oxygen atoms in total. The highest BCUT2D eigenvalue weighted by atomic mass is 32.2. The molecule has 0 aliphatic heterocycles. The summed E-state index contributed by atoms with van der Waals surface area (Å²) < 4.78 is 64.4. The Balaban J connectivity index is 1.99. The maximum Gasteiger partial charge on any atom is 0.351 e. The number of aromatic nitrogens is 3. The average Bonchev–Trinajstić information content (AvgIpc) is 2.60. The van der Waals surface area contributed by atoms with Crippen LogP contribution in [0.5, 0.6) is 0 Å². The first kappa shape index (κ1) is 20.4. The van der Waals surface area contributed by atoms with E-state index >= 15 is 0 Å². The summed E-state index contributed by atoms with van der Waals surface area (Å²) in [6, 6.07) is 10.6. The number of H-pyrrole nitrogens is 1. The number of anilines is 4. The highest BCUT2D eigenvalue weighted by Crippen LogP contribution is 2.25. The summed E-state index contributed by atoms with van der Waals surface area (Å²) in [6.45, 7) is 0. The van der Waals surface area contributed by atoms with E-state index < -0.39 is 35.7 Å². The Kier molecular flexibility index (Phi) is 5.34. The third kappa shape index (κ3) is 4.94. The van der Waals surface area contributed by atoms with Crippen molar-refractivity contribution in [2.24, 2.45) is 0 Å². The quantitative estimate of drug-likeness (QED) is 0.346. The summed E-state index contributed by atoms with van der Waals surface area (Å²) in [6.07, 6.45) is 0. The number of rotatable bonds is 6. The molecule has 0 radical (unpaired) electrons. The van der Waals surface area contributed by atoms with Crippen LogP contribution >= 0.6 is 0 Å². The molecule has 1 heterocycles. The van der Waals surface area contributed by atoms with E-state index in [2.05, 4.69) is 25.6 Å². The fraction of sp³-hybridized carbons (Fsp3) is 0. The largest absolute Gasteiger partial charge is 0.351 e. The maximum atomic E-state index is 11.8. The lowest BCUT2D eigenvalue weighted by Crippen LogP contribution is -2.17. The summed E-state index contributed by atoms with van der Waals surface area (Å²) in [7, 11) is -9.11. The first-order valence-electron chi connectivity index (χ1n) is 7.69. The number of hydrogen-bond acceptors (Lipinski definition) is 9. The van der Waals surface area contributed by atoms with Crippen molar-refractivity contribution < 1.29 is 25.9 Å². The Morgan fingerprint density at radius 1 is 0.759 bits per heavy atom. The average molecular weight is 439 g/mol. The Morgan fingerprint density at radius 3 is 1.76 bits per heavy atom. The molecule has 29 heavy (non-hydrogen) atoms. The summed E-state index contributed by atoms with van der Waals surface area (Å²) in [5, 5.41) is 5.04. The van der Waals surface area contributed by atoms with Crippen LogP contribution in [0.25, 0.3) is 0 Å². The third-order valence-corrected chi connectivity index (χ3v) is 5.30. The summed E-state index contributed by atoms with van der Waals surface area (Å²) in [4.78, 5) is 20.6. The molecule has 14 heteroatoms. The Morgan fingerprint density at radius 2 is 1.24 bits per heavy atom. The third-order valence-electron chi connectivity index (χ3n) is 3.48. The molecule has 0 unspecified atom stereocenters. The molecule has 1 aromatic heterocycles. The van der Waals surface area contributed by atoms with E-state index in [1.165, 1.54) is 36.4 Å². The van der Waals surface area contributed by atoms with E-state index in [4.69, 9.17) is 0 Å². The summed E-state index contributed by atoms with van der Waals surface area (Å²) >= 11 is 0. The van der Waals surface area contributed by atoms with E-state index in [9.17, 15) is 30.7 Å². The first-order chi connectivity index (χ1) is 13.5. The summed E-state index contributed by atoms with van der Waals surface area (Å²) in [5.41, 5.74) is -1.06. The van der Waals surface area contributed by atoms with Gasteiger partial charge in [0.15, 0.2) is 0 Å². The lowest BCUT2D eigenvalue weighted by atomic mass is 10.3. The molecule has 3 rings (SSSR count). The molecule has 0 amide bonds. The molecule has 0 atom stereocenters. The number of benzene rings is 2. The molecule has 2 aromatic carbocycles. The molecular weight excluding hydrogens is 426 g/mol. The SMILES string of the molecule is O=c1nc(Nc2ccccc2S(=O)(=O)O)nc(Nc2ccccc2S(=O)(=O)O)[nH]1. The van der Waals surface area contributed by atoms with E-state index in [1.807, 2.05) is 0 Å². The Hall–Kier alpha value is -3.33. The fourth-order valence-electron chi connectivity index (χ4n) is 2.34. The molecule has 0 fully saturated rings. The van der Waals surface area contributed by atoms with Gasteiger partial charge in [-0.3, -0.25) is 14.1 Å². The van der Waals surface area contributed by atoms with Crippen LogP contribution in [0.1, 0.15) is 0 Å². The molecule has 0 bridgehead atoms.